The number of aliphatic imine (C=N–C) groups is 1. The van der Waals surface area contributed by atoms with E-state index in [4.69, 9.17) is 4.99 Å². The summed E-state index contributed by atoms with van der Waals surface area (Å²) in [6.07, 6.45) is 1.70. The van der Waals surface area contributed by atoms with Crippen molar-refractivity contribution in [1.82, 2.24) is 4.90 Å². The van der Waals surface area contributed by atoms with Crippen LogP contribution < -0.4 is 0 Å². The Hall–Kier alpha value is -1.57. The van der Waals surface area contributed by atoms with Crippen LogP contribution in [0.2, 0.25) is 0 Å². The Morgan fingerprint density at radius 1 is 1.22 bits per heavy atom. The Balaban J connectivity index is 2.03. The number of carbonyl (C=O) groups is 1. The number of amidine groups is 1. The Kier molecular flexibility index (Phi) is 6.13. The van der Waals surface area contributed by atoms with Crippen molar-refractivity contribution in [3.63, 3.8) is 0 Å². The molecule has 140 valence electrons. The molecule has 1 aliphatic heterocycles. The number of rotatable bonds is 3. The second-order valence-electron chi connectivity index (χ2n) is 6.17. The molecule has 1 saturated heterocycles. The maximum Gasteiger partial charge on any atom is 0.266 e. The number of likely N-dealkylation sites (N-methyl/N-ethyl adjacent to an activating group) is 1. The van der Waals surface area contributed by atoms with E-state index in [0.29, 0.717) is 26.7 Å². The lowest BCUT2D eigenvalue weighted by Gasteiger charge is -2.12. The van der Waals surface area contributed by atoms with E-state index in [0.717, 1.165) is 21.3 Å². The third-order valence-electron chi connectivity index (χ3n) is 4.13. The van der Waals surface area contributed by atoms with Crippen LogP contribution in [0.4, 0.5) is 5.69 Å². The molecule has 0 aromatic heterocycles. The van der Waals surface area contributed by atoms with Gasteiger partial charge in [0.25, 0.3) is 5.91 Å². The van der Waals surface area contributed by atoms with Crippen molar-refractivity contribution < 1.29 is 9.90 Å². The minimum atomic E-state index is -0.109. The highest BCUT2D eigenvalue weighted by Gasteiger charge is 2.32. The van der Waals surface area contributed by atoms with Crippen LogP contribution >= 0.6 is 43.6 Å². The van der Waals surface area contributed by atoms with Gasteiger partial charge in [0.1, 0.15) is 5.75 Å². The smallest absolute Gasteiger partial charge is 0.266 e. The molecule has 7 heteroatoms. The van der Waals surface area contributed by atoms with Crippen LogP contribution in [-0.2, 0) is 4.79 Å². The Morgan fingerprint density at radius 3 is 2.67 bits per heavy atom. The van der Waals surface area contributed by atoms with E-state index >= 15 is 0 Å². The predicted octanol–water partition coefficient (Wildman–Crippen LogP) is 6.16. The van der Waals surface area contributed by atoms with Crippen molar-refractivity contribution >= 4 is 66.5 Å². The molecular weight excluding hydrogens is 492 g/mol. The number of hydrogen-bond donors (Lipinski definition) is 1. The van der Waals surface area contributed by atoms with Gasteiger partial charge in [-0.2, -0.15) is 0 Å². The van der Waals surface area contributed by atoms with Gasteiger partial charge in [0, 0.05) is 16.6 Å². The highest BCUT2D eigenvalue weighted by Crippen LogP contribution is 2.38. The number of phenols is 1. The quantitative estimate of drug-likeness (QED) is 0.504. The molecule has 0 atom stereocenters. The second-order valence-corrected chi connectivity index (χ2v) is 8.95. The third-order valence-corrected chi connectivity index (χ3v) is 6.20. The van der Waals surface area contributed by atoms with Gasteiger partial charge in [-0.15, -0.1) is 0 Å². The van der Waals surface area contributed by atoms with Gasteiger partial charge in [-0.3, -0.25) is 9.69 Å². The number of hydrogen-bond acceptors (Lipinski definition) is 4. The zero-order chi connectivity index (χ0) is 19.7. The van der Waals surface area contributed by atoms with Gasteiger partial charge in [-0.05, 0) is 83.9 Å². The molecule has 1 aliphatic rings. The fraction of sp³-hybridized carbons (Fsp3) is 0.200. The maximum absolute atomic E-state index is 12.8. The molecule has 0 spiro atoms. The van der Waals surface area contributed by atoms with E-state index in [-0.39, 0.29) is 11.7 Å². The lowest BCUT2D eigenvalue weighted by atomic mass is 10.1. The summed E-state index contributed by atoms with van der Waals surface area (Å²) in [6.45, 7) is 6.48. The average molecular weight is 510 g/mol. The molecule has 4 nitrogen and oxygen atoms in total. The van der Waals surface area contributed by atoms with Crippen LogP contribution in [0.5, 0.6) is 5.75 Å². The maximum atomic E-state index is 12.8. The van der Waals surface area contributed by atoms with Gasteiger partial charge in [-0.25, -0.2) is 4.99 Å². The summed E-state index contributed by atoms with van der Waals surface area (Å²) in [5.74, 6) is -0.0101. The van der Waals surface area contributed by atoms with Crippen molar-refractivity contribution in [2.75, 3.05) is 6.54 Å². The highest BCUT2D eigenvalue weighted by molar-refractivity contribution is 9.11. The van der Waals surface area contributed by atoms with E-state index in [9.17, 15) is 9.90 Å². The van der Waals surface area contributed by atoms with E-state index in [2.05, 4.69) is 31.9 Å². The Morgan fingerprint density at radius 2 is 1.96 bits per heavy atom. The summed E-state index contributed by atoms with van der Waals surface area (Å²) in [7, 11) is 0. The monoisotopic (exact) mass is 508 g/mol. The van der Waals surface area contributed by atoms with E-state index in [1.165, 1.54) is 11.8 Å². The molecule has 1 N–H and O–H groups in total. The normalized spacial score (nSPS) is 17.4. The number of halogens is 2. The third kappa shape index (κ3) is 4.31. The van der Waals surface area contributed by atoms with Gasteiger partial charge in [0.2, 0.25) is 0 Å². The number of amides is 1. The molecular formula is C20H18Br2N2O2S. The molecule has 0 saturated carbocycles. The fourth-order valence-corrected chi connectivity index (χ4v) is 4.95. The van der Waals surface area contributed by atoms with Crippen LogP contribution in [0.1, 0.15) is 23.6 Å². The topological polar surface area (TPSA) is 52.9 Å². The minimum absolute atomic E-state index is 0.0991. The highest BCUT2D eigenvalue weighted by atomic mass is 79.9. The molecule has 2 aromatic rings. The predicted molar refractivity (Wildman–Crippen MR) is 119 cm³/mol. The van der Waals surface area contributed by atoms with Crippen LogP contribution in [0.15, 0.2) is 49.2 Å². The summed E-state index contributed by atoms with van der Waals surface area (Å²) < 4.78 is 1.38. The molecule has 3 rings (SSSR count). The van der Waals surface area contributed by atoms with Crippen LogP contribution in [-0.4, -0.2) is 27.6 Å². The van der Waals surface area contributed by atoms with Crippen molar-refractivity contribution in [2.24, 2.45) is 4.99 Å². The number of thioether (sulfide) groups is 1. The largest absolute Gasteiger partial charge is 0.506 e. The molecule has 0 unspecified atom stereocenters. The second kappa shape index (κ2) is 8.20. The van der Waals surface area contributed by atoms with E-state index in [1.54, 1.807) is 23.1 Å². The minimum Gasteiger partial charge on any atom is -0.506 e. The first-order chi connectivity index (χ1) is 12.8. The van der Waals surface area contributed by atoms with Gasteiger partial charge >= 0.3 is 0 Å². The molecule has 1 fully saturated rings. The average Bonchev–Trinajstić information content (AvgIpc) is 2.90. The standard InChI is InChI=1S/C20H18Br2N2O2S/c1-4-24-19(26)17(9-13-8-14(21)10-15(22)18(13)25)27-20(24)23-16-7-11(2)5-6-12(16)3/h5-10,25H,4H2,1-3H3/b17-9+,23-20?. The van der Waals surface area contributed by atoms with Crippen molar-refractivity contribution in [1.29, 1.82) is 0 Å². The van der Waals surface area contributed by atoms with Crippen LogP contribution in [0.3, 0.4) is 0 Å². The fourth-order valence-electron chi connectivity index (χ4n) is 2.65. The summed E-state index contributed by atoms with van der Waals surface area (Å²) >= 11 is 8.06. The molecule has 27 heavy (non-hydrogen) atoms. The summed E-state index contributed by atoms with van der Waals surface area (Å²) in [5, 5.41) is 10.9. The zero-order valence-corrected chi connectivity index (χ0v) is 19.1. The van der Waals surface area contributed by atoms with Crippen molar-refractivity contribution in [3.05, 3.63) is 60.9 Å². The summed E-state index contributed by atoms with van der Waals surface area (Å²) in [4.78, 5) is 19.7. The number of carbonyl (C=O) groups excluding carboxylic acids is 1. The summed E-state index contributed by atoms with van der Waals surface area (Å²) in [6, 6.07) is 9.62. The first-order valence-electron chi connectivity index (χ1n) is 8.35. The molecule has 1 heterocycles. The molecule has 0 aliphatic carbocycles. The zero-order valence-electron chi connectivity index (χ0n) is 15.1. The summed E-state index contributed by atoms with van der Waals surface area (Å²) in [5.41, 5.74) is 3.61. The number of phenolic OH excluding ortho intramolecular Hbond substituents is 1. The molecule has 1 amide bonds. The molecule has 0 bridgehead atoms. The number of nitrogens with zero attached hydrogens (tertiary/aromatic N) is 2. The Labute approximate surface area is 179 Å². The number of aryl methyl sites for hydroxylation is 2. The lowest BCUT2D eigenvalue weighted by Crippen LogP contribution is -2.28. The molecule has 0 radical (unpaired) electrons. The first kappa shape index (κ1) is 20.2. The number of benzene rings is 2. The van der Waals surface area contributed by atoms with Gasteiger partial charge in [-0.1, -0.05) is 28.1 Å². The van der Waals surface area contributed by atoms with Crippen molar-refractivity contribution in [3.8, 4) is 5.75 Å². The van der Waals surface area contributed by atoms with Gasteiger partial charge in [0.15, 0.2) is 5.17 Å². The number of aromatic hydroxyl groups is 1. The SMILES string of the molecule is CCN1C(=O)/C(=C\c2cc(Br)cc(Br)c2O)SC1=Nc1cc(C)ccc1C. The first-order valence-corrected chi connectivity index (χ1v) is 10.8. The molecule has 2 aromatic carbocycles. The van der Waals surface area contributed by atoms with Gasteiger partial charge in [0.05, 0.1) is 15.1 Å². The van der Waals surface area contributed by atoms with E-state index in [1.807, 2.05) is 39.0 Å². The van der Waals surface area contributed by atoms with Crippen molar-refractivity contribution in [2.45, 2.75) is 20.8 Å². The van der Waals surface area contributed by atoms with Gasteiger partial charge < -0.3 is 5.11 Å². The Bertz CT molecular complexity index is 986. The van der Waals surface area contributed by atoms with E-state index < -0.39 is 0 Å². The lowest BCUT2D eigenvalue weighted by molar-refractivity contribution is -0.122. The van der Waals surface area contributed by atoms with Crippen LogP contribution in [0, 0.1) is 13.8 Å². The van der Waals surface area contributed by atoms with Crippen LogP contribution in [0.25, 0.3) is 6.08 Å².